The van der Waals surface area contributed by atoms with Crippen LogP contribution in [-0.4, -0.2) is 40.8 Å². The maximum absolute atomic E-state index is 6.31. The Kier molecular flexibility index (Phi) is 5.79. The zero-order chi connectivity index (χ0) is 21.8. The minimum absolute atomic E-state index is 0.0671. The Labute approximate surface area is 187 Å². The van der Waals surface area contributed by atoms with E-state index in [9.17, 15) is 0 Å². The number of fused-ring (bicyclic) bond motifs is 1. The highest BCUT2D eigenvalue weighted by molar-refractivity contribution is 5.84. The van der Waals surface area contributed by atoms with Gasteiger partial charge >= 0.3 is 0 Å². The van der Waals surface area contributed by atoms with E-state index in [4.69, 9.17) is 14.5 Å². The first-order chi connectivity index (χ1) is 15.8. The predicted octanol–water partition coefficient (Wildman–Crippen LogP) is 5.15. The zero-order valence-corrected chi connectivity index (χ0v) is 18.1. The van der Waals surface area contributed by atoms with E-state index in [1.54, 1.807) is 6.20 Å². The van der Waals surface area contributed by atoms with Crippen LogP contribution >= 0.6 is 0 Å². The lowest BCUT2D eigenvalue weighted by atomic mass is 10.1. The van der Waals surface area contributed by atoms with Crippen molar-refractivity contribution in [3.8, 4) is 11.5 Å². The summed E-state index contributed by atoms with van der Waals surface area (Å²) in [7, 11) is 0. The first-order valence-corrected chi connectivity index (χ1v) is 11.1. The summed E-state index contributed by atoms with van der Waals surface area (Å²) >= 11 is 0. The van der Waals surface area contributed by atoms with Crippen molar-refractivity contribution in [1.82, 2.24) is 15.0 Å². The van der Waals surface area contributed by atoms with E-state index in [0.717, 1.165) is 60.0 Å². The molecule has 2 aromatic carbocycles. The molecule has 0 spiro atoms. The molecule has 3 heterocycles. The minimum atomic E-state index is 0.0671. The molecule has 0 aliphatic carbocycles. The fourth-order valence-corrected chi connectivity index (χ4v) is 4.09. The van der Waals surface area contributed by atoms with Crippen LogP contribution in [0.25, 0.3) is 10.9 Å². The number of rotatable bonds is 7. The van der Waals surface area contributed by atoms with Crippen LogP contribution in [0, 0.1) is 0 Å². The predicted molar refractivity (Wildman–Crippen MR) is 127 cm³/mol. The summed E-state index contributed by atoms with van der Waals surface area (Å²) in [5.41, 5.74) is 1.09. The minimum Gasteiger partial charge on any atom is -0.490 e. The van der Waals surface area contributed by atoms with Gasteiger partial charge in [-0.3, -0.25) is 4.98 Å². The molecular weight excluding hydrogens is 402 g/mol. The van der Waals surface area contributed by atoms with Gasteiger partial charge in [0.2, 0.25) is 0 Å². The van der Waals surface area contributed by atoms with Crippen molar-refractivity contribution in [2.24, 2.45) is 0 Å². The first-order valence-electron chi connectivity index (χ1n) is 11.1. The molecule has 7 nitrogen and oxygen atoms in total. The number of H-pyrrole nitrogens is 1. The Morgan fingerprint density at radius 3 is 2.81 bits per heavy atom. The van der Waals surface area contributed by atoms with Gasteiger partial charge in [0.05, 0.1) is 25.5 Å². The molecule has 1 aliphatic rings. The number of para-hydroxylation sites is 3. The number of nitrogens with one attached hydrogen (secondary N) is 2. The lowest BCUT2D eigenvalue weighted by Gasteiger charge is -2.33. The maximum atomic E-state index is 6.31. The second kappa shape index (κ2) is 9.18. The van der Waals surface area contributed by atoms with Crippen LogP contribution in [0.15, 0.2) is 67.0 Å². The molecule has 164 valence electrons. The zero-order valence-electron chi connectivity index (χ0n) is 18.1. The third-order valence-electron chi connectivity index (χ3n) is 5.56. The normalized spacial score (nSPS) is 16.2. The van der Waals surface area contributed by atoms with Gasteiger partial charge in [-0.25, -0.2) is 4.98 Å². The van der Waals surface area contributed by atoms with E-state index >= 15 is 0 Å². The highest BCUT2D eigenvalue weighted by atomic mass is 16.5. The Hall–Kier alpha value is -3.74. The molecule has 1 fully saturated rings. The number of piperidine rings is 1. The second-order valence-electron chi connectivity index (χ2n) is 7.87. The molecule has 0 saturated carbocycles. The number of nitrogens with zero attached hydrogens (tertiary/aromatic N) is 3. The number of anilines is 3. The quantitative estimate of drug-likeness (QED) is 0.423. The summed E-state index contributed by atoms with van der Waals surface area (Å²) in [4.78, 5) is 14.8. The molecule has 1 aliphatic heterocycles. The number of benzene rings is 2. The third-order valence-corrected chi connectivity index (χ3v) is 5.56. The van der Waals surface area contributed by atoms with Crippen molar-refractivity contribution in [2.75, 3.05) is 29.9 Å². The molecular formula is C25H27N5O2. The summed E-state index contributed by atoms with van der Waals surface area (Å²) in [5, 5.41) is 4.50. The molecule has 32 heavy (non-hydrogen) atoms. The average Bonchev–Trinajstić information content (AvgIpc) is 3.23. The van der Waals surface area contributed by atoms with Crippen LogP contribution in [0.3, 0.4) is 0 Å². The van der Waals surface area contributed by atoms with E-state index in [1.165, 1.54) is 0 Å². The Morgan fingerprint density at radius 2 is 1.94 bits per heavy atom. The summed E-state index contributed by atoms with van der Waals surface area (Å²) in [5.74, 6) is 4.03. The molecule has 1 saturated heterocycles. The van der Waals surface area contributed by atoms with Crippen LogP contribution in [0.1, 0.15) is 19.8 Å². The number of hydrogen-bond donors (Lipinski definition) is 2. The molecule has 0 bridgehead atoms. The van der Waals surface area contributed by atoms with Crippen molar-refractivity contribution in [3.05, 3.63) is 67.0 Å². The third kappa shape index (κ3) is 4.46. The second-order valence-corrected chi connectivity index (χ2v) is 7.87. The van der Waals surface area contributed by atoms with Crippen molar-refractivity contribution < 1.29 is 9.47 Å². The summed E-state index contributed by atoms with van der Waals surface area (Å²) in [6, 6.07) is 18.1. The summed E-state index contributed by atoms with van der Waals surface area (Å²) < 4.78 is 12.0. The Morgan fingerprint density at radius 1 is 1.09 bits per heavy atom. The molecule has 0 radical (unpaired) electrons. The van der Waals surface area contributed by atoms with Crippen molar-refractivity contribution in [2.45, 2.75) is 25.9 Å². The molecule has 7 heteroatoms. The maximum Gasteiger partial charge on any atom is 0.161 e. The van der Waals surface area contributed by atoms with E-state index in [0.29, 0.717) is 12.4 Å². The smallest absolute Gasteiger partial charge is 0.161 e. The Balaban J connectivity index is 1.28. The summed E-state index contributed by atoms with van der Waals surface area (Å²) in [6.07, 6.45) is 5.65. The molecule has 5 rings (SSSR count). The van der Waals surface area contributed by atoms with Gasteiger partial charge < -0.3 is 24.7 Å². The highest BCUT2D eigenvalue weighted by Crippen LogP contribution is 2.30. The fourth-order valence-electron chi connectivity index (χ4n) is 4.09. The van der Waals surface area contributed by atoms with Crippen LogP contribution in [0.4, 0.5) is 17.5 Å². The van der Waals surface area contributed by atoms with Crippen molar-refractivity contribution in [1.29, 1.82) is 0 Å². The molecule has 2 aromatic heterocycles. The van der Waals surface area contributed by atoms with Crippen LogP contribution in [0.5, 0.6) is 11.5 Å². The highest BCUT2D eigenvalue weighted by Gasteiger charge is 2.24. The number of aromatic nitrogens is 3. The number of aromatic amines is 1. The van der Waals surface area contributed by atoms with E-state index in [2.05, 4.69) is 38.4 Å². The average molecular weight is 430 g/mol. The van der Waals surface area contributed by atoms with Gasteiger partial charge in [-0.15, -0.1) is 0 Å². The van der Waals surface area contributed by atoms with Gasteiger partial charge in [-0.05, 0) is 44.0 Å². The SMILES string of the molecule is CCOc1ccccc1O[C@@H]1CCCN(c2cncc(Nc3cc4ccccc4[nH]3)n2)C1. The fraction of sp³-hybridized carbons (Fsp3) is 0.280. The molecule has 0 unspecified atom stereocenters. The summed E-state index contributed by atoms with van der Waals surface area (Å²) in [6.45, 7) is 4.28. The van der Waals surface area contributed by atoms with Gasteiger partial charge in [0.1, 0.15) is 17.7 Å². The van der Waals surface area contributed by atoms with Gasteiger partial charge in [0, 0.05) is 17.4 Å². The van der Waals surface area contributed by atoms with Gasteiger partial charge in [0.25, 0.3) is 0 Å². The molecule has 4 aromatic rings. The monoisotopic (exact) mass is 429 g/mol. The van der Waals surface area contributed by atoms with Crippen LogP contribution in [-0.2, 0) is 0 Å². The Bertz CT molecular complexity index is 1160. The van der Waals surface area contributed by atoms with Gasteiger partial charge in [0.15, 0.2) is 17.3 Å². The molecule has 0 amide bonds. The standard InChI is InChI=1S/C25H27N5O2/c1-2-31-21-11-5-6-12-22(21)32-19-9-7-13-30(17-19)25-16-26-15-24(29-25)28-23-14-18-8-3-4-10-20(18)27-23/h3-6,8,10-12,14-16,19,27H,2,7,9,13,17H2,1H3,(H,28,29)/t19-/m1/s1. The largest absolute Gasteiger partial charge is 0.490 e. The molecule has 1 atom stereocenters. The van der Waals surface area contributed by atoms with E-state index in [1.807, 2.05) is 49.5 Å². The first kappa shape index (κ1) is 20.2. The van der Waals surface area contributed by atoms with Crippen molar-refractivity contribution >= 4 is 28.4 Å². The topological polar surface area (TPSA) is 75.3 Å². The number of hydrogen-bond acceptors (Lipinski definition) is 6. The van der Waals surface area contributed by atoms with Gasteiger partial charge in [-0.2, -0.15) is 0 Å². The molecule has 2 N–H and O–H groups in total. The lowest BCUT2D eigenvalue weighted by molar-refractivity contribution is 0.170. The lowest BCUT2D eigenvalue weighted by Crippen LogP contribution is -2.41. The van der Waals surface area contributed by atoms with E-state index < -0.39 is 0 Å². The van der Waals surface area contributed by atoms with Crippen LogP contribution in [0.2, 0.25) is 0 Å². The van der Waals surface area contributed by atoms with Crippen LogP contribution < -0.4 is 19.7 Å². The van der Waals surface area contributed by atoms with E-state index in [-0.39, 0.29) is 6.10 Å². The number of ether oxygens (including phenoxy) is 2. The van der Waals surface area contributed by atoms with Gasteiger partial charge in [-0.1, -0.05) is 30.3 Å². The van der Waals surface area contributed by atoms with Crippen molar-refractivity contribution in [3.63, 3.8) is 0 Å².